The van der Waals surface area contributed by atoms with E-state index < -0.39 is 11.8 Å². The van der Waals surface area contributed by atoms with Crippen LogP contribution in [0.1, 0.15) is 29.3 Å². The van der Waals surface area contributed by atoms with Gasteiger partial charge in [-0.05, 0) is 84.8 Å². The fourth-order valence-corrected chi connectivity index (χ4v) is 7.32. The quantitative estimate of drug-likeness (QED) is 0.114. The Labute approximate surface area is 288 Å². The van der Waals surface area contributed by atoms with Gasteiger partial charge in [-0.15, -0.1) is 11.8 Å². The van der Waals surface area contributed by atoms with Crippen LogP contribution < -0.4 is 20.3 Å². The summed E-state index contributed by atoms with van der Waals surface area (Å²) in [6.07, 6.45) is 2.22. The van der Waals surface area contributed by atoms with Gasteiger partial charge in [0.1, 0.15) is 11.4 Å². The maximum Gasteiger partial charge on any atom is 0.272 e. The Morgan fingerprint density at radius 3 is 2.10 bits per heavy atom. The van der Waals surface area contributed by atoms with Gasteiger partial charge in [-0.25, -0.2) is 0 Å². The van der Waals surface area contributed by atoms with E-state index in [0.29, 0.717) is 29.0 Å². The highest BCUT2D eigenvalue weighted by Crippen LogP contribution is 2.49. The molecule has 1 unspecified atom stereocenters. The Hall–Kier alpha value is -5.25. The molecule has 0 spiro atoms. The van der Waals surface area contributed by atoms with Crippen molar-refractivity contribution in [3.05, 3.63) is 144 Å². The fourth-order valence-electron chi connectivity index (χ4n) is 5.21. The largest absolute Gasteiger partial charge is 0.497 e. The molecule has 5 aromatic carbocycles. The number of ether oxygens (including phenoxy) is 1. The summed E-state index contributed by atoms with van der Waals surface area (Å²) in [5, 5.41) is 5.33. The van der Waals surface area contributed by atoms with E-state index in [2.05, 4.69) is 10.6 Å². The zero-order valence-corrected chi connectivity index (χ0v) is 28.0. The molecular weight excluding hydrogens is 639 g/mol. The first kappa shape index (κ1) is 32.7. The summed E-state index contributed by atoms with van der Waals surface area (Å²) in [7, 11) is 1.58. The number of carbonyl (C=O) groups excluding carboxylic acids is 3. The molecule has 0 saturated heterocycles. The van der Waals surface area contributed by atoms with Crippen LogP contribution in [0.3, 0.4) is 0 Å². The number of hydrogen-bond donors (Lipinski definition) is 2. The normalized spacial score (nSPS) is 12.7. The van der Waals surface area contributed by atoms with Gasteiger partial charge in [0, 0.05) is 25.9 Å². The summed E-state index contributed by atoms with van der Waals surface area (Å²) in [6.45, 7) is 2.00. The monoisotopic (exact) mass is 671 g/mol. The number of para-hydroxylation sites is 2. The van der Waals surface area contributed by atoms with E-state index in [1.165, 1.54) is 11.8 Å². The van der Waals surface area contributed by atoms with Crippen molar-refractivity contribution in [3.63, 3.8) is 0 Å². The molecule has 240 valence electrons. The zero-order valence-electron chi connectivity index (χ0n) is 26.4. The van der Waals surface area contributed by atoms with Gasteiger partial charge in [-0.3, -0.25) is 19.3 Å². The van der Waals surface area contributed by atoms with Crippen LogP contribution in [0, 0.1) is 0 Å². The number of carbonyl (C=O) groups is 3. The summed E-state index contributed by atoms with van der Waals surface area (Å²) in [5.41, 5.74) is 3.50. The Kier molecular flexibility index (Phi) is 10.3. The topological polar surface area (TPSA) is 87.7 Å². The minimum Gasteiger partial charge on any atom is -0.497 e. The third-order valence-corrected chi connectivity index (χ3v) is 10.1. The first-order valence-electron chi connectivity index (χ1n) is 15.4. The number of nitrogens with one attached hydrogen (secondary N) is 2. The zero-order chi connectivity index (χ0) is 33.5. The molecule has 1 atom stereocenters. The molecule has 0 saturated carbocycles. The van der Waals surface area contributed by atoms with E-state index >= 15 is 0 Å². The average Bonchev–Trinajstić information content (AvgIpc) is 3.13. The Morgan fingerprint density at radius 2 is 1.46 bits per heavy atom. The fraction of sp³-hybridized carbons (Fsp3) is 0.103. The SMILES string of the molecule is CCC(Sc1cccc(NC(=O)/C(=C\c2ccc(OC)cc2)NC(=O)c2ccccc2)c1)C(=O)N1c2ccccc2Sc2ccccc21. The summed E-state index contributed by atoms with van der Waals surface area (Å²) in [4.78, 5) is 45.7. The van der Waals surface area contributed by atoms with Crippen molar-refractivity contribution in [1.82, 2.24) is 5.32 Å². The molecule has 48 heavy (non-hydrogen) atoms. The maximum absolute atomic E-state index is 14.2. The van der Waals surface area contributed by atoms with Crippen molar-refractivity contribution in [2.24, 2.45) is 0 Å². The number of nitrogens with zero attached hydrogens (tertiary/aromatic N) is 1. The van der Waals surface area contributed by atoms with Gasteiger partial charge < -0.3 is 15.4 Å². The molecule has 5 aromatic rings. The molecule has 0 aromatic heterocycles. The number of methoxy groups -OCH3 is 1. The molecule has 0 radical (unpaired) electrons. The third kappa shape index (κ3) is 7.48. The van der Waals surface area contributed by atoms with E-state index in [-0.39, 0.29) is 16.9 Å². The number of fused-ring (bicyclic) bond motifs is 2. The van der Waals surface area contributed by atoms with Crippen LogP contribution in [-0.4, -0.2) is 30.1 Å². The van der Waals surface area contributed by atoms with Gasteiger partial charge in [0.2, 0.25) is 5.91 Å². The summed E-state index contributed by atoms with van der Waals surface area (Å²) in [5.74, 6) is -0.222. The number of benzene rings is 5. The highest BCUT2D eigenvalue weighted by atomic mass is 32.2. The summed E-state index contributed by atoms with van der Waals surface area (Å²) in [6, 6.07) is 39.2. The second-order valence-corrected chi connectivity index (χ2v) is 13.2. The molecular formula is C39H33N3O4S2. The van der Waals surface area contributed by atoms with Crippen LogP contribution >= 0.6 is 23.5 Å². The summed E-state index contributed by atoms with van der Waals surface area (Å²) >= 11 is 3.12. The molecule has 0 aliphatic carbocycles. The van der Waals surface area contributed by atoms with Gasteiger partial charge in [0.25, 0.3) is 11.8 Å². The Morgan fingerprint density at radius 1 is 0.812 bits per heavy atom. The summed E-state index contributed by atoms with van der Waals surface area (Å²) < 4.78 is 5.25. The Balaban J connectivity index is 1.22. The lowest BCUT2D eigenvalue weighted by molar-refractivity contribution is -0.117. The highest BCUT2D eigenvalue weighted by Gasteiger charge is 2.32. The molecule has 0 fully saturated rings. The second-order valence-electron chi connectivity index (χ2n) is 10.9. The predicted octanol–water partition coefficient (Wildman–Crippen LogP) is 8.80. The van der Waals surface area contributed by atoms with E-state index in [4.69, 9.17) is 4.74 Å². The van der Waals surface area contributed by atoms with E-state index in [1.54, 1.807) is 79.5 Å². The number of rotatable bonds is 10. The minimum atomic E-state index is -0.487. The molecule has 6 rings (SSSR count). The molecule has 1 aliphatic heterocycles. The van der Waals surface area contributed by atoms with Gasteiger partial charge >= 0.3 is 0 Å². The predicted molar refractivity (Wildman–Crippen MR) is 194 cm³/mol. The molecule has 1 aliphatic rings. The van der Waals surface area contributed by atoms with Crippen molar-refractivity contribution in [3.8, 4) is 5.75 Å². The lowest BCUT2D eigenvalue weighted by Gasteiger charge is -2.33. The van der Waals surface area contributed by atoms with Crippen LogP contribution in [0.2, 0.25) is 0 Å². The first-order valence-corrected chi connectivity index (χ1v) is 17.1. The van der Waals surface area contributed by atoms with Gasteiger partial charge in [-0.2, -0.15) is 0 Å². The number of amides is 3. The molecule has 2 N–H and O–H groups in total. The van der Waals surface area contributed by atoms with Crippen LogP contribution in [0.4, 0.5) is 17.1 Å². The Bertz CT molecular complexity index is 1930. The third-order valence-electron chi connectivity index (χ3n) is 7.62. The molecule has 7 nitrogen and oxygen atoms in total. The molecule has 9 heteroatoms. The van der Waals surface area contributed by atoms with E-state index in [9.17, 15) is 14.4 Å². The van der Waals surface area contributed by atoms with Crippen LogP contribution in [-0.2, 0) is 9.59 Å². The van der Waals surface area contributed by atoms with Crippen molar-refractivity contribution in [2.75, 3.05) is 17.3 Å². The second kappa shape index (κ2) is 15.1. The molecule has 1 heterocycles. The smallest absolute Gasteiger partial charge is 0.272 e. The first-order chi connectivity index (χ1) is 23.4. The molecule has 0 bridgehead atoms. The van der Waals surface area contributed by atoms with E-state index in [1.807, 2.05) is 84.6 Å². The van der Waals surface area contributed by atoms with Gasteiger partial charge in [0.05, 0.1) is 23.7 Å². The van der Waals surface area contributed by atoms with Crippen LogP contribution in [0.5, 0.6) is 5.75 Å². The lowest BCUT2D eigenvalue weighted by Crippen LogP contribution is -2.35. The van der Waals surface area contributed by atoms with Crippen LogP contribution in [0.25, 0.3) is 6.08 Å². The maximum atomic E-state index is 14.2. The van der Waals surface area contributed by atoms with E-state index in [0.717, 1.165) is 26.1 Å². The minimum absolute atomic E-state index is 0.00882. The van der Waals surface area contributed by atoms with Crippen molar-refractivity contribution < 1.29 is 19.1 Å². The van der Waals surface area contributed by atoms with Crippen molar-refractivity contribution in [2.45, 2.75) is 33.3 Å². The van der Waals surface area contributed by atoms with Crippen LogP contribution in [0.15, 0.2) is 148 Å². The average molecular weight is 672 g/mol. The van der Waals surface area contributed by atoms with Gasteiger partial charge in [0.15, 0.2) is 0 Å². The van der Waals surface area contributed by atoms with Crippen molar-refractivity contribution >= 4 is 64.4 Å². The standard InChI is InChI=1S/C39H33N3O4S2/c1-3-34(39(45)42-32-16-7-9-18-35(32)48-36-19-10-8-17-33(36)42)47-30-15-11-14-28(25-30)40-38(44)31(24-26-20-22-29(46-2)23-21-26)41-37(43)27-12-5-4-6-13-27/h4-25,34H,3H2,1-2H3,(H,40,44)(H,41,43)/b31-24+. The highest BCUT2D eigenvalue weighted by molar-refractivity contribution is 8.00. The molecule has 3 amide bonds. The number of anilines is 3. The number of thioether (sulfide) groups is 1. The number of hydrogen-bond acceptors (Lipinski definition) is 6. The van der Waals surface area contributed by atoms with Crippen molar-refractivity contribution in [1.29, 1.82) is 0 Å². The van der Waals surface area contributed by atoms with Gasteiger partial charge in [-0.1, -0.05) is 79.3 Å². The lowest BCUT2D eigenvalue weighted by atomic mass is 10.1.